The third-order valence-corrected chi connectivity index (χ3v) is 2.97. The number of rotatable bonds is 4. The van der Waals surface area contributed by atoms with Crippen LogP contribution in [0.5, 0.6) is 0 Å². The second-order valence-corrected chi connectivity index (χ2v) is 4.49. The molecule has 1 aliphatic rings. The van der Waals surface area contributed by atoms with E-state index in [2.05, 4.69) is 13.8 Å². The topological polar surface area (TPSA) is 35.5 Å². The fourth-order valence-electron chi connectivity index (χ4n) is 2.18. The summed E-state index contributed by atoms with van der Waals surface area (Å²) in [5.74, 6) is 0.539. The maximum absolute atomic E-state index is 11.0. The normalized spacial score (nSPS) is 31.3. The second kappa shape index (κ2) is 6.11. The molecule has 0 aliphatic carbocycles. The molecule has 1 fully saturated rings. The van der Waals surface area contributed by atoms with Crippen molar-refractivity contribution in [3.8, 4) is 0 Å². The summed E-state index contributed by atoms with van der Waals surface area (Å²) < 4.78 is 10.9. The minimum atomic E-state index is -0.171. The molecule has 15 heavy (non-hydrogen) atoms. The van der Waals surface area contributed by atoms with E-state index in [0.29, 0.717) is 18.4 Å². The van der Waals surface area contributed by atoms with E-state index in [1.54, 1.807) is 0 Å². The first-order valence-electron chi connectivity index (χ1n) is 5.90. The van der Waals surface area contributed by atoms with Crippen LogP contribution in [0.2, 0.25) is 0 Å². The van der Waals surface area contributed by atoms with E-state index < -0.39 is 0 Å². The molecule has 0 aromatic rings. The standard InChI is InChI=1S/C12H22O3/c1-4-5-6-11-8-14-7-9(2)12(11)15-10(3)13/h9,11-12H,4-8H2,1-3H3/t9-,11-,12-/m1/s1. The molecule has 0 aromatic carbocycles. The van der Waals surface area contributed by atoms with Crippen molar-refractivity contribution in [3.63, 3.8) is 0 Å². The van der Waals surface area contributed by atoms with Gasteiger partial charge in [-0.1, -0.05) is 26.7 Å². The number of esters is 1. The maximum Gasteiger partial charge on any atom is 0.302 e. The summed E-state index contributed by atoms with van der Waals surface area (Å²) in [6.07, 6.45) is 3.51. The molecule has 1 saturated heterocycles. The quantitative estimate of drug-likeness (QED) is 0.674. The lowest BCUT2D eigenvalue weighted by Gasteiger charge is -2.35. The molecule has 3 heteroatoms. The number of carbonyl (C=O) groups excluding carboxylic acids is 1. The van der Waals surface area contributed by atoms with Gasteiger partial charge in [0.2, 0.25) is 0 Å². The van der Waals surface area contributed by atoms with Gasteiger partial charge in [-0.3, -0.25) is 4.79 Å². The van der Waals surface area contributed by atoms with E-state index >= 15 is 0 Å². The van der Waals surface area contributed by atoms with Crippen molar-refractivity contribution in [3.05, 3.63) is 0 Å². The average molecular weight is 214 g/mol. The summed E-state index contributed by atoms with van der Waals surface area (Å²) in [5.41, 5.74) is 0. The van der Waals surface area contributed by atoms with Gasteiger partial charge in [-0.25, -0.2) is 0 Å². The minimum absolute atomic E-state index is 0.0581. The molecule has 1 heterocycles. The smallest absolute Gasteiger partial charge is 0.302 e. The van der Waals surface area contributed by atoms with Crippen LogP contribution in [0.3, 0.4) is 0 Å². The van der Waals surface area contributed by atoms with E-state index in [4.69, 9.17) is 9.47 Å². The van der Waals surface area contributed by atoms with Gasteiger partial charge in [0.1, 0.15) is 6.10 Å². The number of unbranched alkanes of at least 4 members (excludes halogenated alkanes) is 1. The largest absolute Gasteiger partial charge is 0.462 e. The monoisotopic (exact) mass is 214 g/mol. The van der Waals surface area contributed by atoms with Gasteiger partial charge in [-0.15, -0.1) is 0 Å². The van der Waals surface area contributed by atoms with Crippen LogP contribution in [0.1, 0.15) is 40.0 Å². The number of hydrogen-bond acceptors (Lipinski definition) is 3. The van der Waals surface area contributed by atoms with Crippen LogP contribution in [-0.2, 0) is 14.3 Å². The molecule has 0 radical (unpaired) electrons. The van der Waals surface area contributed by atoms with Crippen LogP contribution in [-0.4, -0.2) is 25.3 Å². The first kappa shape index (κ1) is 12.5. The van der Waals surface area contributed by atoms with E-state index in [0.717, 1.165) is 13.0 Å². The lowest BCUT2D eigenvalue weighted by molar-refractivity contribution is -0.162. The molecule has 88 valence electrons. The fraction of sp³-hybridized carbons (Fsp3) is 0.917. The Morgan fingerprint density at radius 3 is 2.80 bits per heavy atom. The highest BCUT2D eigenvalue weighted by Gasteiger charge is 2.33. The summed E-state index contributed by atoms with van der Waals surface area (Å²) in [6.45, 7) is 7.20. The van der Waals surface area contributed by atoms with Gasteiger partial charge in [-0.05, 0) is 6.42 Å². The second-order valence-electron chi connectivity index (χ2n) is 4.49. The van der Waals surface area contributed by atoms with Gasteiger partial charge >= 0.3 is 5.97 Å². The zero-order valence-corrected chi connectivity index (χ0v) is 9.99. The van der Waals surface area contributed by atoms with E-state index in [9.17, 15) is 4.79 Å². The van der Waals surface area contributed by atoms with Crippen molar-refractivity contribution in [2.75, 3.05) is 13.2 Å². The molecule has 3 atom stereocenters. The molecule has 0 amide bonds. The maximum atomic E-state index is 11.0. The first-order valence-corrected chi connectivity index (χ1v) is 5.90. The van der Waals surface area contributed by atoms with Crippen LogP contribution in [0, 0.1) is 11.8 Å². The Labute approximate surface area is 92.1 Å². The van der Waals surface area contributed by atoms with E-state index in [1.165, 1.54) is 19.8 Å². The van der Waals surface area contributed by atoms with E-state index in [-0.39, 0.29) is 12.1 Å². The van der Waals surface area contributed by atoms with Crippen molar-refractivity contribution in [2.45, 2.75) is 46.1 Å². The lowest BCUT2D eigenvalue weighted by Crippen LogP contribution is -2.41. The fourth-order valence-corrected chi connectivity index (χ4v) is 2.18. The summed E-state index contributed by atoms with van der Waals surface area (Å²) in [7, 11) is 0. The molecule has 1 rings (SSSR count). The predicted octanol–water partition coefficient (Wildman–Crippen LogP) is 2.39. The van der Waals surface area contributed by atoms with Crippen LogP contribution >= 0.6 is 0 Å². The molecule has 1 aliphatic heterocycles. The van der Waals surface area contributed by atoms with Gasteiger partial charge in [0.05, 0.1) is 13.2 Å². The highest BCUT2D eigenvalue weighted by molar-refractivity contribution is 5.66. The molecule has 3 nitrogen and oxygen atoms in total. The molecule has 0 spiro atoms. The van der Waals surface area contributed by atoms with E-state index in [1.807, 2.05) is 0 Å². The van der Waals surface area contributed by atoms with Crippen molar-refractivity contribution >= 4 is 5.97 Å². The predicted molar refractivity (Wildman–Crippen MR) is 58.6 cm³/mol. The van der Waals surface area contributed by atoms with Crippen LogP contribution in [0.4, 0.5) is 0 Å². The van der Waals surface area contributed by atoms with Crippen LogP contribution in [0.25, 0.3) is 0 Å². The molecule has 0 N–H and O–H groups in total. The Kier molecular flexibility index (Phi) is 5.09. The Morgan fingerprint density at radius 1 is 1.47 bits per heavy atom. The third-order valence-electron chi connectivity index (χ3n) is 2.97. The number of carbonyl (C=O) groups is 1. The van der Waals surface area contributed by atoms with Crippen LogP contribution < -0.4 is 0 Å². The summed E-state index contributed by atoms with van der Waals surface area (Å²) in [5, 5.41) is 0. The molecule has 0 aromatic heterocycles. The van der Waals surface area contributed by atoms with Gasteiger partial charge in [0.15, 0.2) is 0 Å². The SMILES string of the molecule is CCCC[C@@H]1COC[C@@H](C)[C@H]1OC(C)=O. The molecule has 0 saturated carbocycles. The summed E-state index contributed by atoms with van der Waals surface area (Å²) in [4.78, 5) is 11.0. The molecular weight excluding hydrogens is 192 g/mol. The Hall–Kier alpha value is -0.570. The molecule has 0 bridgehead atoms. The van der Waals surface area contributed by atoms with Gasteiger partial charge in [0, 0.05) is 18.8 Å². The zero-order valence-electron chi connectivity index (χ0n) is 9.99. The van der Waals surface area contributed by atoms with Crippen LogP contribution in [0.15, 0.2) is 0 Å². The average Bonchev–Trinajstić information content (AvgIpc) is 2.18. The number of hydrogen-bond donors (Lipinski definition) is 0. The first-order chi connectivity index (χ1) is 7.15. The Balaban J connectivity index is 2.51. The third kappa shape index (κ3) is 3.82. The van der Waals surface area contributed by atoms with Gasteiger partial charge in [0.25, 0.3) is 0 Å². The highest BCUT2D eigenvalue weighted by atomic mass is 16.6. The lowest BCUT2D eigenvalue weighted by atomic mass is 9.87. The Morgan fingerprint density at radius 2 is 2.20 bits per heavy atom. The number of ether oxygens (including phenoxy) is 2. The molecule has 0 unspecified atom stereocenters. The summed E-state index contributed by atoms with van der Waals surface area (Å²) in [6, 6.07) is 0. The Bertz CT molecular complexity index is 203. The van der Waals surface area contributed by atoms with Crippen molar-refractivity contribution in [1.82, 2.24) is 0 Å². The van der Waals surface area contributed by atoms with Gasteiger partial charge in [-0.2, -0.15) is 0 Å². The van der Waals surface area contributed by atoms with Crippen molar-refractivity contribution in [2.24, 2.45) is 11.8 Å². The molecular formula is C12H22O3. The highest BCUT2D eigenvalue weighted by Crippen LogP contribution is 2.27. The minimum Gasteiger partial charge on any atom is -0.462 e. The summed E-state index contributed by atoms with van der Waals surface area (Å²) >= 11 is 0. The van der Waals surface area contributed by atoms with Crippen molar-refractivity contribution in [1.29, 1.82) is 0 Å². The van der Waals surface area contributed by atoms with Crippen molar-refractivity contribution < 1.29 is 14.3 Å². The zero-order chi connectivity index (χ0) is 11.3. The van der Waals surface area contributed by atoms with Gasteiger partial charge < -0.3 is 9.47 Å².